The second-order valence-electron chi connectivity index (χ2n) is 13.5. The molecule has 2 aliphatic rings. The molecule has 0 saturated heterocycles. The Bertz CT molecular complexity index is 2050. The zero-order valence-electron chi connectivity index (χ0n) is 27.4. The van der Waals surface area contributed by atoms with Gasteiger partial charge in [0.15, 0.2) is 23.3 Å². The molecule has 2 aliphatic carbocycles. The number of carbonyl (C=O) groups is 1. The predicted octanol–water partition coefficient (Wildman–Crippen LogP) is 7.35. The van der Waals surface area contributed by atoms with Crippen LogP contribution in [0, 0.1) is 23.3 Å². The maximum atomic E-state index is 13.7. The lowest BCUT2D eigenvalue weighted by molar-refractivity contribution is 0.0775. The molecule has 2 fully saturated rings. The third-order valence-electron chi connectivity index (χ3n) is 8.30. The number of rotatable bonds is 8. The molecule has 0 unspecified atom stereocenters. The molecular weight excluding hydrogens is 640 g/mol. The number of halogens is 4. The topological polar surface area (TPSA) is 125 Å². The minimum Gasteiger partial charge on any atom is -0.386 e. The van der Waals surface area contributed by atoms with Crippen LogP contribution in [0.1, 0.15) is 80.9 Å². The van der Waals surface area contributed by atoms with E-state index in [0.717, 1.165) is 49.4 Å². The molecule has 256 valence electrons. The Morgan fingerprint density at radius 1 is 0.755 bits per heavy atom. The first-order valence-electron chi connectivity index (χ1n) is 15.9. The van der Waals surface area contributed by atoms with Crippen molar-refractivity contribution in [3.63, 3.8) is 0 Å². The van der Waals surface area contributed by atoms with Crippen molar-refractivity contribution in [3.05, 3.63) is 101 Å². The molecule has 5 aromatic rings. The smallest absolute Gasteiger partial charge is 0.257 e. The molecule has 2 aromatic carbocycles. The van der Waals surface area contributed by atoms with Gasteiger partial charge in [0, 0.05) is 77.8 Å². The van der Waals surface area contributed by atoms with Gasteiger partial charge in [-0.25, -0.2) is 22.5 Å². The molecule has 4 N–H and O–H groups in total. The van der Waals surface area contributed by atoms with Crippen molar-refractivity contribution in [1.82, 2.24) is 19.5 Å². The fourth-order valence-corrected chi connectivity index (χ4v) is 5.20. The van der Waals surface area contributed by atoms with Gasteiger partial charge in [0.05, 0.1) is 39.2 Å². The van der Waals surface area contributed by atoms with E-state index in [9.17, 15) is 32.6 Å². The number of anilines is 2. The SMILES string of the molecule is CC(C)(O)c1cncc(-c2nc3cc(F)c(F)cc3n2C2CC2)c1.CC(C)(O)c1cncc(C(=O)Nc2cc(F)c(F)cc2NC2CC2)c1. The highest BCUT2D eigenvalue weighted by Crippen LogP contribution is 2.42. The standard InChI is InChI=1S/C18H19F2N3O2.C18H17F2N3O/c1-18(2,25)11-5-10(8-21-9-11)17(24)23-16-7-14(20)13(19)6-15(16)22-12-3-4-12;1-18(2,24)11-5-10(8-21-9-11)17-22-15-6-13(19)14(20)7-16(15)23(17)12-3-4-12/h5-9,12,22,25H,3-4H2,1-2H3,(H,23,24);5-9,12,24H,3-4H2,1-2H3. The number of hydrogen-bond acceptors (Lipinski definition) is 7. The summed E-state index contributed by atoms with van der Waals surface area (Å²) >= 11 is 0. The maximum Gasteiger partial charge on any atom is 0.257 e. The second kappa shape index (κ2) is 12.9. The summed E-state index contributed by atoms with van der Waals surface area (Å²) in [7, 11) is 0. The number of hydrogen-bond donors (Lipinski definition) is 4. The second-order valence-corrected chi connectivity index (χ2v) is 13.5. The summed E-state index contributed by atoms with van der Waals surface area (Å²) in [6.45, 7) is 6.53. The fourth-order valence-electron chi connectivity index (χ4n) is 5.20. The molecule has 1 amide bonds. The number of aromatic nitrogens is 4. The third kappa shape index (κ3) is 7.73. The molecule has 0 bridgehead atoms. The molecule has 0 radical (unpaired) electrons. The molecule has 0 aliphatic heterocycles. The van der Waals surface area contributed by atoms with Crippen LogP contribution < -0.4 is 10.6 Å². The largest absolute Gasteiger partial charge is 0.386 e. The van der Waals surface area contributed by atoms with Crippen LogP contribution in [-0.2, 0) is 11.2 Å². The quantitative estimate of drug-likeness (QED) is 0.127. The summed E-state index contributed by atoms with van der Waals surface area (Å²) in [6, 6.07) is 8.09. The Morgan fingerprint density at radius 2 is 1.33 bits per heavy atom. The highest BCUT2D eigenvalue weighted by Gasteiger charge is 2.30. The number of carbonyl (C=O) groups excluding carboxylic acids is 1. The van der Waals surface area contributed by atoms with E-state index in [1.807, 2.05) is 10.6 Å². The Balaban J connectivity index is 0.000000170. The summed E-state index contributed by atoms with van der Waals surface area (Å²) in [5.41, 5.74) is 1.38. The minimum atomic E-state index is -1.15. The molecule has 49 heavy (non-hydrogen) atoms. The van der Waals surface area contributed by atoms with Crippen LogP contribution in [0.5, 0.6) is 0 Å². The summed E-state index contributed by atoms with van der Waals surface area (Å²) in [4.78, 5) is 25.1. The van der Waals surface area contributed by atoms with Crippen molar-refractivity contribution >= 4 is 28.3 Å². The fraction of sp³-hybridized carbons (Fsp3) is 0.333. The van der Waals surface area contributed by atoms with E-state index in [1.165, 1.54) is 24.5 Å². The van der Waals surface area contributed by atoms with Gasteiger partial charge in [-0.2, -0.15) is 0 Å². The molecule has 13 heteroatoms. The molecule has 3 aromatic heterocycles. The summed E-state index contributed by atoms with van der Waals surface area (Å²) < 4.78 is 56.3. The number of fused-ring (bicyclic) bond motifs is 1. The van der Waals surface area contributed by atoms with Crippen LogP contribution >= 0.6 is 0 Å². The Hall–Kier alpha value is -4.88. The lowest BCUT2D eigenvalue weighted by Crippen LogP contribution is -2.19. The minimum absolute atomic E-state index is 0.157. The first-order chi connectivity index (χ1) is 23.1. The monoisotopic (exact) mass is 676 g/mol. The zero-order valence-corrected chi connectivity index (χ0v) is 27.4. The van der Waals surface area contributed by atoms with Crippen molar-refractivity contribution in [2.45, 2.75) is 76.7 Å². The molecular formula is C36H36F4N6O3. The van der Waals surface area contributed by atoms with E-state index in [4.69, 9.17) is 0 Å². The maximum absolute atomic E-state index is 13.7. The third-order valence-corrected chi connectivity index (χ3v) is 8.30. The first-order valence-corrected chi connectivity index (χ1v) is 15.9. The van der Waals surface area contributed by atoms with Crippen LogP contribution in [0.4, 0.5) is 28.9 Å². The molecule has 0 atom stereocenters. The lowest BCUT2D eigenvalue weighted by Gasteiger charge is -2.18. The molecule has 3 heterocycles. The number of aliphatic hydroxyl groups is 2. The van der Waals surface area contributed by atoms with Crippen LogP contribution in [0.15, 0.2) is 61.2 Å². The van der Waals surface area contributed by atoms with Crippen LogP contribution in [0.2, 0.25) is 0 Å². The number of nitrogens with one attached hydrogen (secondary N) is 2. The van der Waals surface area contributed by atoms with E-state index in [-0.39, 0.29) is 23.3 Å². The number of nitrogens with zero attached hydrogens (tertiary/aromatic N) is 4. The average molecular weight is 677 g/mol. The number of benzene rings is 2. The Morgan fingerprint density at radius 3 is 1.94 bits per heavy atom. The van der Waals surface area contributed by atoms with Crippen molar-refractivity contribution < 1.29 is 32.6 Å². The van der Waals surface area contributed by atoms with E-state index < -0.39 is 40.4 Å². The summed E-state index contributed by atoms with van der Waals surface area (Å²) in [5, 5.41) is 25.9. The highest BCUT2D eigenvalue weighted by molar-refractivity contribution is 6.05. The average Bonchev–Trinajstić information content (AvgIpc) is 3.99. The zero-order chi connectivity index (χ0) is 35.2. The molecule has 0 spiro atoms. The van der Waals surface area contributed by atoms with Crippen molar-refractivity contribution in [1.29, 1.82) is 0 Å². The van der Waals surface area contributed by atoms with E-state index >= 15 is 0 Å². The lowest BCUT2D eigenvalue weighted by atomic mass is 9.99. The van der Waals surface area contributed by atoms with Crippen LogP contribution in [-0.4, -0.2) is 41.7 Å². The number of amides is 1. The normalized spacial score (nSPS) is 14.7. The van der Waals surface area contributed by atoms with Crippen LogP contribution in [0.25, 0.3) is 22.4 Å². The van der Waals surface area contributed by atoms with E-state index in [2.05, 4.69) is 25.6 Å². The van der Waals surface area contributed by atoms with E-state index in [1.54, 1.807) is 40.1 Å². The van der Waals surface area contributed by atoms with Gasteiger partial charge in [-0.1, -0.05) is 0 Å². The van der Waals surface area contributed by atoms with Gasteiger partial charge in [-0.3, -0.25) is 14.8 Å². The number of imidazole rings is 1. The van der Waals surface area contributed by atoms with Crippen LogP contribution in [0.3, 0.4) is 0 Å². The first kappa shape index (κ1) is 34.0. The summed E-state index contributed by atoms with van der Waals surface area (Å²) in [5.74, 6) is -3.71. The van der Waals surface area contributed by atoms with Gasteiger partial charge in [-0.05, 0) is 65.5 Å². The Labute approximate surface area is 280 Å². The van der Waals surface area contributed by atoms with E-state index in [0.29, 0.717) is 33.7 Å². The van der Waals surface area contributed by atoms with Gasteiger partial charge in [0.1, 0.15) is 5.82 Å². The van der Waals surface area contributed by atoms with Gasteiger partial charge < -0.3 is 25.4 Å². The van der Waals surface area contributed by atoms with Crippen molar-refractivity contribution in [2.75, 3.05) is 10.6 Å². The Kier molecular flexibility index (Phi) is 8.92. The van der Waals surface area contributed by atoms with Gasteiger partial charge in [0.2, 0.25) is 0 Å². The molecule has 2 saturated carbocycles. The molecule has 9 nitrogen and oxygen atoms in total. The summed E-state index contributed by atoms with van der Waals surface area (Å²) in [6.07, 6.45) is 9.93. The van der Waals surface area contributed by atoms with Gasteiger partial charge in [-0.15, -0.1) is 0 Å². The van der Waals surface area contributed by atoms with Gasteiger partial charge in [0.25, 0.3) is 5.91 Å². The number of pyridine rings is 2. The van der Waals surface area contributed by atoms with Crippen molar-refractivity contribution in [2.24, 2.45) is 0 Å². The molecule has 7 rings (SSSR count). The highest BCUT2D eigenvalue weighted by atomic mass is 19.2. The predicted molar refractivity (Wildman–Crippen MR) is 177 cm³/mol. The van der Waals surface area contributed by atoms with Crippen molar-refractivity contribution in [3.8, 4) is 11.4 Å². The van der Waals surface area contributed by atoms with Gasteiger partial charge >= 0.3 is 0 Å².